The first kappa shape index (κ1) is 13.1. The molecule has 0 aliphatic carbocycles. The van der Waals surface area contributed by atoms with Gasteiger partial charge in [0.25, 0.3) is 5.89 Å². The second-order valence-electron chi connectivity index (χ2n) is 3.86. The lowest BCUT2D eigenvalue weighted by atomic mass is 10.3. The van der Waals surface area contributed by atoms with E-state index in [-0.39, 0.29) is 0 Å². The number of aryl methyl sites for hydroxylation is 2. The molecule has 0 atom stereocenters. The Morgan fingerprint density at radius 2 is 2.11 bits per heavy atom. The van der Waals surface area contributed by atoms with Crippen LogP contribution in [0.4, 0.5) is 0 Å². The van der Waals surface area contributed by atoms with Crippen molar-refractivity contribution < 1.29 is 4.42 Å². The highest BCUT2D eigenvalue weighted by Gasteiger charge is 2.15. The molecule has 0 saturated carbocycles. The Hall–Kier alpha value is -1.34. The first-order chi connectivity index (χ1) is 8.85. The van der Waals surface area contributed by atoms with Gasteiger partial charge in [0, 0.05) is 6.42 Å². The van der Waals surface area contributed by atoms with E-state index in [1.807, 2.05) is 6.92 Å². The van der Waals surface area contributed by atoms with E-state index < -0.39 is 0 Å². The largest absolute Gasteiger partial charge is 0.420 e. The summed E-state index contributed by atoms with van der Waals surface area (Å²) in [4.78, 5) is 0.892. The number of aromatic nitrogens is 4. The molecule has 18 heavy (non-hydrogen) atoms. The molecule has 98 valence electrons. The van der Waals surface area contributed by atoms with E-state index in [1.54, 1.807) is 0 Å². The van der Waals surface area contributed by atoms with Crippen LogP contribution in [0.25, 0.3) is 10.8 Å². The fraction of sp³-hybridized carbons (Fsp3) is 0.636. The van der Waals surface area contributed by atoms with E-state index in [4.69, 9.17) is 4.42 Å². The highest BCUT2D eigenvalue weighted by molar-refractivity contribution is 7.09. The molecular weight excluding hydrogens is 250 g/mol. The van der Waals surface area contributed by atoms with E-state index in [2.05, 4.69) is 32.0 Å². The van der Waals surface area contributed by atoms with Gasteiger partial charge < -0.3 is 9.73 Å². The van der Waals surface area contributed by atoms with Crippen molar-refractivity contribution in [3.63, 3.8) is 0 Å². The molecule has 0 saturated heterocycles. The smallest absolute Gasteiger partial charge is 0.261 e. The number of nitrogens with zero attached hydrogens (tertiary/aromatic N) is 4. The third-order valence-corrected chi connectivity index (χ3v) is 3.30. The van der Waals surface area contributed by atoms with Crippen LogP contribution < -0.4 is 5.32 Å². The zero-order valence-electron chi connectivity index (χ0n) is 10.6. The van der Waals surface area contributed by atoms with Gasteiger partial charge in [-0.05, 0) is 37.5 Å². The molecule has 2 heterocycles. The van der Waals surface area contributed by atoms with Crippen molar-refractivity contribution in [2.75, 3.05) is 13.1 Å². The summed E-state index contributed by atoms with van der Waals surface area (Å²) in [7, 11) is 0. The van der Waals surface area contributed by atoms with Gasteiger partial charge >= 0.3 is 0 Å². The zero-order chi connectivity index (χ0) is 12.8. The van der Waals surface area contributed by atoms with Crippen LogP contribution in [0.3, 0.4) is 0 Å². The van der Waals surface area contributed by atoms with E-state index in [0.29, 0.717) is 11.8 Å². The maximum absolute atomic E-state index is 5.63. The molecule has 7 heteroatoms. The van der Waals surface area contributed by atoms with E-state index in [1.165, 1.54) is 11.5 Å². The Bertz CT molecular complexity index is 481. The van der Waals surface area contributed by atoms with Gasteiger partial charge in [0.2, 0.25) is 5.89 Å². The lowest BCUT2D eigenvalue weighted by Gasteiger charge is -1.97. The first-order valence-corrected chi connectivity index (χ1v) is 6.97. The zero-order valence-corrected chi connectivity index (χ0v) is 11.5. The van der Waals surface area contributed by atoms with Crippen LogP contribution in [-0.4, -0.2) is 32.9 Å². The van der Waals surface area contributed by atoms with Crippen LogP contribution in [0.15, 0.2) is 4.42 Å². The lowest BCUT2D eigenvalue weighted by Crippen LogP contribution is -2.14. The summed E-state index contributed by atoms with van der Waals surface area (Å²) in [6.45, 7) is 6.08. The fourth-order valence-electron chi connectivity index (χ4n) is 1.59. The molecular formula is C11H17N5OS. The Balaban J connectivity index is 1.97. The summed E-state index contributed by atoms with van der Waals surface area (Å²) in [5.41, 5.74) is 0.919. The second-order valence-corrected chi connectivity index (χ2v) is 4.61. The van der Waals surface area contributed by atoms with Crippen molar-refractivity contribution in [3.05, 3.63) is 11.6 Å². The number of rotatable bonds is 7. The summed E-state index contributed by atoms with van der Waals surface area (Å²) in [5, 5.41) is 15.4. The van der Waals surface area contributed by atoms with Crippen molar-refractivity contribution in [1.82, 2.24) is 25.1 Å². The molecule has 0 aliphatic rings. The number of hydrogen-bond donors (Lipinski definition) is 1. The van der Waals surface area contributed by atoms with Crippen molar-refractivity contribution >= 4 is 11.5 Å². The molecule has 1 N–H and O–H groups in total. The molecule has 0 spiro atoms. The Morgan fingerprint density at radius 1 is 1.22 bits per heavy atom. The SMILES string of the molecule is CCNCCCc1nnc(-c2snnc2CC)o1. The van der Waals surface area contributed by atoms with Gasteiger partial charge in [0.05, 0.1) is 5.69 Å². The Kier molecular flexibility index (Phi) is 4.77. The molecule has 0 fully saturated rings. The lowest BCUT2D eigenvalue weighted by molar-refractivity contribution is 0.493. The molecule has 0 bridgehead atoms. The monoisotopic (exact) mass is 267 g/mol. The molecule has 0 unspecified atom stereocenters. The molecule has 0 aliphatic heterocycles. The molecule has 2 aromatic rings. The third kappa shape index (κ3) is 3.11. The summed E-state index contributed by atoms with van der Waals surface area (Å²) >= 11 is 1.30. The predicted molar refractivity (Wildman–Crippen MR) is 69.4 cm³/mol. The van der Waals surface area contributed by atoms with Gasteiger partial charge in [0.1, 0.15) is 4.88 Å². The van der Waals surface area contributed by atoms with Gasteiger partial charge in [-0.15, -0.1) is 15.3 Å². The van der Waals surface area contributed by atoms with Crippen LogP contribution >= 0.6 is 11.5 Å². The van der Waals surface area contributed by atoms with Gasteiger partial charge in [-0.3, -0.25) is 0 Å². The van der Waals surface area contributed by atoms with Crippen molar-refractivity contribution in [1.29, 1.82) is 0 Å². The second kappa shape index (κ2) is 6.55. The first-order valence-electron chi connectivity index (χ1n) is 6.19. The maximum Gasteiger partial charge on any atom is 0.261 e. The van der Waals surface area contributed by atoms with Gasteiger partial charge in [-0.25, -0.2) is 0 Å². The maximum atomic E-state index is 5.63. The molecule has 0 radical (unpaired) electrons. The van der Waals surface area contributed by atoms with Crippen LogP contribution in [0, 0.1) is 0 Å². The van der Waals surface area contributed by atoms with E-state index in [0.717, 1.165) is 42.9 Å². The van der Waals surface area contributed by atoms with E-state index in [9.17, 15) is 0 Å². The average Bonchev–Trinajstić information content (AvgIpc) is 3.02. The minimum atomic E-state index is 0.542. The number of nitrogens with one attached hydrogen (secondary N) is 1. The summed E-state index contributed by atoms with van der Waals surface area (Å²) in [6, 6.07) is 0. The van der Waals surface area contributed by atoms with Crippen molar-refractivity contribution in [2.24, 2.45) is 0 Å². The molecule has 0 amide bonds. The molecule has 0 aromatic carbocycles. The van der Waals surface area contributed by atoms with Gasteiger partial charge in [-0.2, -0.15) is 0 Å². The highest BCUT2D eigenvalue weighted by atomic mass is 32.1. The molecule has 2 aromatic heterocycles. The van der Waals surface area contributed by atoms with Crippen molar-refractivity contribution in [3.8, 4) is 10.8 Å². The summed E-state index contributed by atoms with van der Waals surface area (Å²) < 4.78 is 9.55. The third-order valence-electron chi connectivity index (χ3n) is 2.55. The average molecular weight is 267 g/mol. The fourth-order valence-corrected chi connectivity index (χ4v) is 2.26. The van der Waals surface area contributed by atoms with Gasteiger partial charge in [0.15, 0.2) is 0 Å². The Morgan fingerprint density at radius 3 is 2.89 bits per heavy atom. The summed E-state index contributed by atoms with van der Waals surface area (Å²) in [5.74, 6) is 1.22. The van der Waals surface area contributed by atoms with E-state index >= 15 is 0 Å². The van der Waals surface area contributed by atoms with Crippen LogP contribution in [0.1, 0.15) is 31.9 Å². The predicted octanol–water partition coefficient (Wildman–Crippen LogP) is 1.69. The van der Waals surface area contributed by atoms with Gasteiger partial charge in [-0.1, -0.05) is 18.3 Å². The van der Waals surface area contributed by atoms with Crippen molar-refractivity contribution in [2.45, 2.75) is 33.1 Å². The quantitative estimate of drug-likeness (QED) is 0.769. The van der Waals surface area contributed by atoms with Crippen LogP contribution in [0.5, 0.6) is 0 Å². The van der Waals surface area contributed by atoms with Crippen LogP contribution in [0.2, 0.25) is 0 Å². The number of hydrogen-bond acceptors (Lipinski definition) is 7. The van der Waals surface area contributed by atoms with Crippen LogP contribution in [-0.2, 0) is 12.8 Å². The standard InChI is InChI=1S/C11H17N5OS/c1-3-8-10(18-16-13-8)11-15-14-9(17-11)6-5-7-12-4-2/h12H,3-7H2,1-2H3. The summed E-state index contributed by atoms with van der Waals surface area (Å²) in [6.07, 6.45) is 2.62. The molecule has 6 nitrogen and oxygen atoms in total. The topological polar surface area (TPSA) is 76.7 Å². The molecule has 2 rings (SSSR count). The minimum Gasteiger partial charge on any atom is -0.420 e. The Labute approximate surface area is 110 Å². The normalized spacial score (nSPS) is 11.0. The highest BCUT2D eigenvalue weighted by Crippen LogP contribution is 2.25. The minimum absolute atomic E-state index is 0.542.